The predicted octanol–water partition coefficient (Wildman–Crippen LogP) is 1.50. The van der Waals surface area contributed by atoms with Crippen molar-refractivity contribution in [3.8, 4) is 0 Å². The van der Waals surface area contributed by atoms with E-state index < -0.39 is 0 Å². The largest absolute Gasteiger partial charge is 0.326 e. The Bertz CT molecular complexity index is 707. The van der Waals surface area contributed by atoms with Gasteiger partial charge in [0.15, 0.2) is 0 Å². The van der Waals surface area contributed by atoms with Crippen molar-refractivity contribution in [2.75, 3.05) is 10.6 Å². The number of nitrogens with one attached hydrogen (secondary N) is 3. The van der Waals surface area contributed by atoms with Crippen molar-refractivity contribution >= 4 is 23.2 Å². The number of fused-ring (bicyclic) bond motifs is 1. The average Bonchev–Trinajstić information content (AvgIpc) is 2.96. The number of carbonyl (C=O) groups is 2. The second-order valence-electron chi connectivity index (χ2n) is 4.83. The molecule has 1 aromatic carbocycles. The molecule has 1 aliphatic heterocycles. The number of H-pyrrole nitrogens is 1. The lowest BCUT2D eigenvalue weighted by molar-refractivity contribution is -0.116. The van der Waals surface area contributed by atoms with Gasteiger partial charge in [-0.1, -0.05) is 6.92 Å². The number of aromatic nitrogens is 3. The Balaban J connectivity index is 1.76. The van der Waals surface area contributed by atoms with Crippen LogP contribution >= 0.6 is 0 Å². The molecule has 0 unspecified atom stereocenters. The minimum Gasteiger partial charge on any atom is -0.326 e. The summed E-state index contributed by atoms with van der Waals surface area (Å²) in [6.07, 6.45) is 1.83. The summed E-state index contributed by atoms with van der Waals surface area (Å²) in [4.78, 5) is 27.4. The molecule has 7 heteroatoms. The summed E-state index contributed by atoms with van der Waals surface area (Å²) in [6.45, 7) is 1.93. The van der Waals surface area contributed by atoms with Crippen LogP contribution in [-0.2, 0) is 17.6 Å². The van der Waals surface area contributed by atoms with Crippen LogP contribution in [0.3, 0.4) is 0 Å². The van der Waals surface area contributed by atoms with E-state index in [1.807, 2.05) is 13.0 Å². The lowest BCUT2D eigenvalue weighted by atomic mass is 10.0. The van der Waals surface area contributed by atoms with Crippen LogP contribution in [0, 0.1) is 0 Å². The molecule has 3 N–H and O–H groups in total. The number of amides is 2. The van der Waals surface area contributed by atoms with E-state index in [0.29, 0.717) is 30.8 Å². The van der Waals surface area contributed by atoms with Gasteiger partial charge in [0, 0.05) is 24.2 Å². The van der Waals surface area contributed by atoms with Gasteiger partial charge in [0.2, 0.25) is 11.7 Å². The number of carbonyl (C=O) groups excluding carboxylic acids is 2. The summed E-state index contributed by atoms with van der Waals surface area (Å²) < 4.78 is 0. The van der Waals surface area contributed by atoms with E-state index in [-0.39, 0.29) is 17.6 Å². The molecule has 0 aliphatic carbocycles. The van der Waals surface area contributed by atoms with Gasteiger partial charge in [-0.2, -0.15) is 0 Å². The van der Waals surface area contributed by atoms with Crippen LogP contribution in [0.25, 0.3) is 0 Å². The molecular formula is C14H15N5O2. The molecule has 2 amide bonds. The first-order chi connectivity index (χ1) is 10.2. The molecule has 0 saturated heterocycles. The minimum atomic E-state index is -0.356. The summed E-state index contributed by atoms with van der Waals surface area (Å²) in [5.74, 6) is 0.462. The highest BCUT2D eigenvalue weighted by Crippen LogP contribution is 2.25. The van der Waals surface area contributed by atoms with E-state index in [1.165, 1.54) is 0 Å². The number of rotatable bonds is 3. The average molecular weight is 285 g/mol. The first kappa shape index (κ1) is 13.3. The van der Waals surface area contributed by atoms with E-state index in [9.17, 15) is 9.59 Å². The molecule has 3 rings (SSSR count). The minimum absolute atomic E-state index is 0.0205. The molecule has 0 spiro atoms. The van der Waals surface area contributed by atoms with Gasteiger partial charge in [0.1, 0.15) is 5.82 Å². The monoisotopic (exact) mass is 285 g/mol. The van der Waals surface area contributed by atoms with E-state index in [2.05, 4.69) is 25.8 Å². The molecule has 0 bridgehead atoms. The maximum atomic E-state index is 12.0. The number of anilines is 2. The van der Waals surface area contributed by atoms with E-state index in [4.69, 9.17) is 0 Å². The van der Waals surface area contributed by atoms with Crippen LogP contribution in [0.2, 0.25) is 0 Å². The van der Waals surface area contributed by atoms with E-state index >= 15 is 0 Å². The van der Waals surface area contributed by atoms with Crippen LogP contribution < -0.4 is 10.6 Å². The summed E-state index contributed by atoms with van der Waals surface area (Å²) >= 11 is 0. The Morgan fingerprint density at radius 2 is 2.24 bits per heavy atom. The molecule has 1 aliphatic rings. The summed E-state index contributed by atoms with van der Waals surface area (Å²) in [5, 5.41) is 12.1. The predicted molar refractivity (Wildman–Crippen MR) is 77.1 cm³/mol. The zero-order valence-electron chi connectivity index (χ0n) is 11.6. The molecule has 108 valence electrons. The van der Waals surface area contributed by atoms with Crippen molar-refractivity contribution in [3.63, 3.8) is 0 Å². The zero-order chi connectivity index (χ0) is 14.8. The lowest BCUT2D eigenvalue weighted by Gasteiger charge is -2.17. The Labute approximate surface area is 121 Å². The number of hydrogen-bond donors (Lipinski definition) is 3. The summed E-state index contributed by atoms with van der Waals surface area (Å²) in [6, 6.07) is 5.40. The molecule has 2 heterocycles. The van der Waals surface area contributed by atoms with Crippen LogP contribution in [-0.4, -0.2) is 27.0 Å². The fraction of sp³-hybridized carbons (Fsp3) is 0.286. The first-order valence-electron chi connectivity index (χ1n) is 6.81. The second kappa shape index (κ2) is 5.35. The van der Waals surface area contributed by atoms with Crippen LogP contribution in [0.5, 0.6) is 0 Å². The SMILES string of the molecule is CCc1nc(C(=O)Nc2ccc3c(c2)CCC(=O)N3)n[nH]1. The maximum Gasteiger partial charge on any atom is 0.295 e. The molecule has 0 atom stereocenters. The van der Waals surface area contributed by atoms with Crippen molar-refractivity contribution in [2.24, 2.45) is 0 Å². The number of nitrogens with zero attached hydrogens (tertiary/aromatic N) is 2. The molecular weight excluding hydrogens is 270 g/mol. The lowest BCUT2D eigenvalue weighted by Crippen LogP contribution is -2.19. The number of hydrogen-bond acceptors (Lipinski definition) is 4. The summed E-state index contributed by atoms with van der Waals surface area (Å²) in [7, 11) is 0. The quantitative estimate of drug-likeness (QED) is 0.795. The zero-order valence-corrected chi connectivity index (χ0v) is 11.6. The van der Waals surface area contributed by atoms with Gasteiger partial charge in [-0.15, -0.1) is 5.10 Å². The van der Waals surface area contributed by atoms with Gasteiger partial charge in [-0.25, -0.2) is 4.98 Å². The van der Waals surface area contributed by atoms with Gasteiger partial charge in [0.25, 0.3) is 5.91 Å². The van der Waals surface area contributed by atoms with Gasteiger partial charge in [-0.3, -0.25) is 14.7 Å². The Morgan fingerprint density at radius 3 is 3.00 bits per heavy atom. The fourth-order valence-corrected chi connectivity index (χ4v) is 2.20. The van der Waals surface area contributed by atoms with Crippen molar-refractivity contribution < 1.29 is 9.59 Å². The van der Waals surface area contributed by atoms with Crippen LogP contribution in [0.15, 0.2) is 18.2 Å². The molecule has 2 aromatic rings. The highest BCUT2D eigenvalue weighted by molar-refractivity contribution is 6.02. The molecule has 21 heavy (non-hydrogen) atoms. The standard InChI is InChI=1S/C14H15N5O2/c1-2-11-17-13(19-18-11)14(21)15-9-4-5-10-8(7-9)3-6-12(20)16-10/h4-5,7H,2-3,6H2,1H3,(H,15,21)(H,16,20)(H,17,18,19). The molecule has 0 fully saturated rings. The normalized spacial score (nSPS) is 13.5. The highest BCUT2D eigenvalue weighted by Gasteiger charge is 2.16. The Kier molecular flexibility index (Phi) is 3.39. The first-order valence-corrected chi connectivity index (χ1v) is 6.81. The van der Waals surface area contributed by atoms with Crippen molar-refractivity contribution in [1.29, 1.82) is 0 Å². The molecule has 1 aromatic heterocycles. The molecule has 0 saturated carbocycles. The van der Waals surface area contributed by atoms with Gasteiger partial charge < -0.3 is 10.6 Å². The van der Waals surface area contributed by atoms with Crippen molar-refractivity contribution in [2.45, 2.75) is 26.2 Å². The van der Waals surface area contributed by atoms with Gasteiger partial charge in [-0.05, 0) is 30.2 Å². The third-order valence-corrected chi connectivity index (χ3v) is 3.33. The van der Waals surface area contributed by atoms with Crippen molar-refractivity contribution in [1.82, 2.24) is 15.2 Å². The van der Waals surface area contributed by atoms with Crippen molar-refractivity contribution in [3.05, 3.63) is 35.4 Å². The Hall–Kier alpha value is -2.70. The molecule has 7 nitrogen and oxygen atoms in total. The fourth-order valence-electron chi connectivity index (χ4n) is 2.20. The third kappa shape index (κ3) is 2.76. The highest BCUT2D eigenvalue weighted by atomic mass is 16.2. The third-order valence-electron chi connectivity index (χ3n) is 3.33. The topological polar surface area (TPSA) is 99.8 Å². The number of aromatic amines is 1. The second-order valence-corrected chi connectivity index (χ2v) is 4.83. The van der Waals surface area contributed by atoms with Gasteiger partial charge in [0.05, 0.1) is 0 Å². The smallest absolute Gasteiger partial charge is 0.295 e. The molecule has 0 radical (unpaired) electrons. The van der Waals surface area contributed by atoms with E-state index in [1.54, 1.807) is 12.1 Å². The summed E-state index contributed by atoms with van der Waals surface area (Å²) in [5.41, 5.74) is 2.48. The number of benzene rings is 1. The van der Waals surface area contributed by atoms with Gasteiger partial charge >= 0.3 is 0 Å². The maximum absolute atomic E-state index is 12.0. The Morgan fingerprint density at radius 1 is 1.38 bits per heavy atom. The number of aryl methyl sites for hydroxylation is 2. The van der Waals surface area contributed by atoms with Crippen LogP contribution in [0.4, 0.5) is 11.4 Å². The van der Waals surface area contributed by atoms with E-state index in [0.717, 1.165) is 11.3 Å². The van der Waals surface area contributed by atoms with Crippen LogP contribution in [0.1, 0.15) is 35.4 Å².